The Kier molecular flexibility index (Phi) is 4.22. The summed E-state index contributed by atoms with van der Waals surface area (Å²) >= 11 is 9.06. The quantitative estimate of drug-likeness (QED) is 0.922. The van der Waals surface area contributed by atoms with Gasteiger partial charge in [-0.15, -0.1) is 0 Å². The number of halogens is 2. The van der Waals surface area contributed by atoms with Gasteiger partial charge < -0.3 is 9.84 Å². The van der Waals surface area contributed by atoms with E-state index in [0.29, 0.717) is 15.2 Å². The topological polar surface area (TPSA) is 46.5 Å². The summed E-state index contributed by atoms with van der Waals surface area (Å²) in [6, 6.07) is 5.18. The standard InChI is InChI=1S/C9H8BrClO3/c10-9-6(11)2-1-3-7(9)14-5-4-8(12)13/h1-3H,4-5H2,(H,12,13). The lowest BCUT2D eigenvalue weighted by Gasteiger charge is -2.07. The van der Waals surface area contributed by atoms with Gasteiger partial charge in [0.25, 0.3) is 0 Å². The van der Waals surface area contributed by atoms with E-state index in [1.54, 1.807) is 18.2 Å². The fourth-order valence-corrected chi connectivity index (χ4v) is 1.39. The molecule has 0 fully saturated rings. The molecule has 0 aromatic heterocycles. The van der Waals surface area contributed by atoms with Crippen molar-refractivity contribution < 1.29 is 14.6 Å². The number of ether oxygens (including phenoxy) is 1. The van der Waals surface area contributed by atoms with Gasteiger partial charge in [0.15, 0.2) is 0 Å². The van der Waals surface area contributed by atoms with E-state index in [4.69, 9.17) is 21.4 Å². The van der Waals surface area contributed by atoms with Crippen molar-refractivity contribution in [2.24, 2.45) is 0 Å². The lowest BCUT2D eigenvalue weighted by Crippen LogP contribution is -2.05. The maximum atomic E-state index is 10.2. The fourth-order valence-electron chi connectivity index (χ4n) is 0.844. The number of carbonyl (C=O) groups is 1. The van der Waals surface area contributed by atoms with Gasteiger partial charge in [-0.05, 0) is 28.1 Å². The minimum absolute atomic E-state index is 0.0288. The highest BCUT2D eigenvalue weighted by atomic mass is 79.9. The van der Waals surface area contributed by atoms with Crippen LogP contribution in [0.1, 0.15) is 6.42 Å². The van der Waals surface area contributed by atoms with Crippen molar-refractivity contribution in [1.82, 2.24) is 0 Å². The Bertz CT molecular complexity index is 341. The van der Waals surface area contributed by atoms with Gasteiger partial charge in [-0.25, -0.2) is 0 Å². The van der Waals surface area contributed by atoms with E-state index >= 15 is 0 Å². The summed E-state index contributed by atoms with van der Waals surface area (Å²) in [7, 11) is 0. The molecule has 0 saturated heterocycles. The van der Waals surface area contributed by atoms with Crippen LogP contribution in [0.2, 0.25) is 5.02 Å². The van der Waals surface area contributed by atoms with Crippen LogP contribution in [0.25, 0.3) is 0 Å². The maximum Gasteiger partial charge on any atom is 0.306 e. The van der Waals surface area contributed by atoms with Crippen LogP contribution in [0.3, 0.4) is 0 Å². The highest BCUT2D eigenvalue weighted by Crippen LogP contribution is 2.31. The molecule has 3 nitrogen and oxygen atoms in total. The Balaban J connectivity index is 2.59. The molecule has 0 unspecified atom stereocenters. The molecule has 0 aliphatic carbocycles. The maximum absolute atomic E-state index is 10.2. The average molecular weight is 280 g/mol. The molecule has 1 aromatic carbocycles. The van der Waals surface area contributed by atoms with Crippen molar-refractivity contribution in [3.8, 4) is 5.75 Å². The molecule has 0 aliphatic heterocycles. The van der Waals surface area contributed by atoms with Gasteiger partial charge in [-0.3, -0.25) is 4.79 Å². The van der Waals surface area contributed by atoms with E-state index in [0.717, 1.165) is 0 Å². The highest BCUT2D eigenvalue weighted by molar-refractivity contribution is 9.10. The van der Waals surface area contributed by atoms with E-state index in [1.165, 1.54) is 0 Å². The first-order valence-electron chi connectivity index (χ1n) is 3.90. The van der Waals surface area contributed by atoms with Crippen molar-refractivity contribution >= 4 is 33.5 Å². The van der Waals surface area contributed by atoms with Gasteiger partial charge in [0.1, 0.15) is 5.75 Å². The summed E-state index contributed by atoms with van der Waals surface area (Å²) in [5, 5.41) is 8.94. The minimum Gasteiger partial charge on any atom is -0.492 e. The fraction of sp³-hybridized carbons (Fsp3) is 0.222. The molecule has 1 rings (SSSR count). The molecule has 0 bridgehead atoms. The summed E-state index contributed by atoms with van der Waals surface area (Å²) in [6.45, 7) is 0.133. The van der Waals surface area contributed by atoms with Crippen LogP contribution in [0, 0.1) is 0 Å². The van der Waals surface area contributed by atoms with Crippen molar-refractivity contribution in [2.75, 3.05) is 6.61 Å². The van der Waals surface area contributed by atoms with Crippen molar-refractivity contribution in [3.63, 3.8) is 0 Å². The average Bonchev–Trinajstić information content (AvgIpc) is 2.12. The molecular formula is C9H8BrClO3. The van der Waals surface area contributed by atoms with Gasteiger partial charge in [0.05, 0.1) is 22.5 Å². The molecule has 1 aromatic rings. The monoisotopic (exact) mass is 278 g/mol. The number of hydrogen-bond acceptors (Lipinski definition) is 2. The summed E-state index contributed by atoms with van der Waals surface area (Å²) in [5.74, 6) is -0.332. The Labute approximate surface area is 94.8 Å². The number of carboxylic acid groups (broad SMARTS) is 1. The molecule has 0 amide bonds. The normalized spacial score (nSPS) is 9.86. The minimum atomic E-state index is -0.886. The molecule has 14 heavy (non-hydrogen) atoms. The molecule has 0 radical (unpaired) electrons. The molecule has 0 heterocycles. The Hall–Kier alpha value is -0.740. The predicted octanol–water partition coefficient (Wildman–Crippen LogP) is 2.96. The molecule has 5 heteroatoms. The van der Waals surface area contributed by atoms with E-state index in [9.17, 15) is 4.79 Å². The predicted molar refractivity (Wildman–Crippen MR) is 56.9 cm³/mol. The van der Waals surface area contributed by atoms with Gasteiger partial charge >= 0.3 is 5.97 Å². The first-order chi connectivity index (χ1) is 6.61. The van der Waals surface area contributed by atoms with E-state index in [2.05, 4.69) is 15.9 Å². The Morgan fingerprint density at radius 3 is 2.93 bits per heavy atom. The third-order valence-electron chi connectivity index (χ3n) is 1.49. The summed E-state index contributed by atoms with van der Waals surface area (Å²) in [6.07, 6.45) is -0.0288. The zero-order chi connectivity index (χ0) is 10.6. The Morgan fingerprint density at radius 1 is 1.57 bits per heavy atom. The van der Waals surface area contributed by atoms with Crippen molar-refractivity contribution in [2.45, 2.75) is 6.42 Å². The van der Waals surface area contributed by atoms with E-state index < -0.39 is 5.97 Å². The number of rotatable bonds is 4. The SMILES string of the molecule is O=C(O)CCOc1cccc(Cl)c1Br. The third-order valence-corrected chi connectivity index (χ3v) is 2.85. The number of hydrogen-bond donors (Lipinski definition) is 1. The van der Waals surface area contributed by atoms with Crippen LogP contribution >= 0.6 is 27.5 Å². The van der Waals surface area contributed by atoms with Crippen LogP contribution in [-0.4, -0.2) is 17.7 Å². The largest absolute Gasteiger partial charge is 0.492 e. The van der Waals surface area contributed by atoms with Crippen LogP contribution < -0.4 is 4.74 Å². The van der Waals surface area contributed by atoms with Gasteiger partial charge in [-0.1, -0.05) is 17.7 Å². The molecule has 0 aliphatic rings. The second-order valence-corrected chi connectivity index (χ2v) is 3.74. The van der Waals surface area contributed by atoms with Gasteiger partial charge in [0, 0.05) is 0 Å². The van der Waals surface area contributed by atoms with Gasteiger partial charge in [0.2, 0.25) is 0 Å². The molecule has 1 N–H and O–H groups in total. The Morgan fingerprint density at radius 2 is 2.29 bits per heavy atom. The smallest absolute Gasteiger partial charge is 0.306 e. The number of aliphatic carboxylic acids is 1. The van der Waals surface area contributed by atoms with Crippen LogP contribution in [0.15, 0.2) is 22.7 Å². The zero-order valence-corrected chi connectivity index (χ0v) is 9.51. The summed E-state index contributed by atoms with van der Waals surface area (Å²) < 4.78 is 5.86. The second kappa shape index (κ2) is 5.22. The molecule has 76 valence electrons. The molecular weight excluding hydrogens is 271 g/mol. The summed E-state index contributed by atoms with van der Waals surface area (Å²) in [4.78, 5) is 10.2. The van der Waals surface area contributed by atoms with E-state index in [1.807, 2.05) is 0 Å². The zero-order valence-electron chi connectivity index (χ0n) is 7.17. The molecule has 0 atom stereocenters. The first kappa shape index (κ1) is 11.3. The molecule has 0 spiro atoms. The van der Waals surface area contributed by atoms with E-state index in [-0.39, 0.29) is 13.0 Å². The number of benzene rings is 1. The summed E-state index contributed by atoms with van der Waals surface area (Å²) in [5.41, 5.74) is 0. The highest BCUT2D eigenvalue weighted by Gasteiger charge is 2.05. The van der Waals surface area contributed by atoms with Crippen LogP contribution in [0.4, 0.5) is 0 Å². The third kappa shape index (κ3) is 3.20. The van der Waals surface area contributed by atoms with Crippen molar-refractivity contribution in [1.29, 1.82) is 0 Å². The van der Waals surface area contributed by atoms with Gasteiger partial charge in [-0.2, -0.15) is 0 Å². The number of carboxylic acids is 1. The van der Waals surface area contributed by atoms with Crippen molar-refractivity contribution in [3.05, 3.63) is 27.7 Å². The lowest BCUT2D eigenvalue weighted by atomic mass is 10.3. The second-order valence-electron chi connectivity index (χ2n) is 2.54. The molecule has 0 saturated carbocycles. The van der Waals surface area contributed by atoms with Crippen LogP contribution in [-0.2, 0) is 4.79 Å². The van der Waals surface area contributed by atoms with Crippen LogP contribution in [0.5, 0.6) is 5.75 Å². The first-order valence-corrected chi connectivity index (χ1v) is 5.07. The lowest BCUT2D eigenvalue weighted by molar-refractivity contribution is -0.137.